The van der Waals surface area contributed by atoms with E-state index in [1.807, 2.05) is 24.4 Å². The second-order valence-corrected chi connectivity index (χ2v) is 6.84. The van der Waals surface area contributed by atoms with Gasteiger partial charge in [0.25, 0.3) is 0 Å². The van der Waals surface area contributed by atoms with Crippen LogP contribution in [0.2, 0.25) is 0 Å². The number of fused-ring (bicyclic) bond motifs is 4. The van der Waals surface area contributed by atoms with E-state index >= 15 is 0 Å². The molecular weight excluding hydrogens is 322 g/mol. The molecule has 2 aromatic carbocycles. The lowest BCUT2D eigenvalue weighted by atomic mass is 10.1. The molecule has 130 valence electrons. The van der Waals surface area contributed by atoms with Gasteiger partial charge in [-0.1, -0.05) is 30.3 Å². The maximum absolute atomic E-state index is 6.32. The zero-order valence-electron chi connectivity index (χ0n) is 15.2. The summed E-state index contributed by atoms with van der Waals surface area (Å²) < 4.78 is 6.32. The third-order valence-corrected chi connectivity index (χ3v) is 5.43. The van der Waals surface area contributed by atoms with Gasteiger partial charge in [-0.15, -0.1) is 0 Å². The Morgan fingerprint density at radius 2 is 1.88 bits per heavy atom. The van der Waals surface area contributed by atoms with E-state index in [9.17, 15) is 0 Å². The third-order valence-electron chi connectivity index (χ3n) is 5.43. The molecule has 1 aliphatic rings. The molecule has 4 heteroatoms. The second-order valence-electron chi connectivity index (χ2n) is 6.84. The molecule has 0 N–H and O–H groups in total. The number of para-hydroxylation sites is 1. The number of hydrogen-bond donors (Lipinski definition) is 0. The van der Waals surface area contributed by atoms with Crippen LogP contribution >= 0.6 is 0 Å². The van der Waals surface area contributed by atoms with Crippen LogP contribution in [0.1, 0.15) is 19.4 Å². The van der Waals surface area contributed by atoms with Crippen molar-refractivity contribution in [2.75, 3.05) is 16.3 Å². The Bertz CT molecular complexity index is 1130. The molecule has 1 atom stereocenters. The Labute approximate surface area is 152 Å². The van der Waals surface area contributed by atoms with Crippen molar-refractivity contribution in [3.63, 3.8) is 0 Å². The van der Waals surface area contributed by atoms with Crippen molar-refractivity contribution in [1.82, 2.24) is 4.98 Å². The van der Waals surface area contributed by atoms with E-state index in [1.54, 1.807) is 0 Å². The van der Waals surface area contributed by atoms with Gasteiger partial charge in [-0.25, -0.2) is 4.98 Å². The van der Waals surface area contributed by atoms with Crippen molar-refractivity contribution in [1.29, 1.82) is 0 Å². The molecule has 0 saturated carbocycles. The van der Waals surface area contributed by atoms with Gasteiger partial charge in [-0.05, 0) is 44.5 Å². The first-order valence-electron chi connectivity index (χ1n) is 9.12. The van der Waals surface area contributed by atoms with Gasteiger partial charge in [0.05, 0.1) is 11.4 Å². The number of aromatic nitrogens is 1. The van der Waals surface area contributed by atoms with Gasteiger partial charge in [0.1, 0.15) is 11.7 Å². The van der Waals surface area contributed by atoms with Gasteiger partial charge in [0.2, 0.25) is 0 Å². The third kappa shape index (κ3) is 1.93. The summed E-state index contributed by atoms with van der Waals surface area (Å²) in [6.45, 7) is 7.49. The molecule has 0 amide bonds. The number of benzene rings is 2. The summed E-state index contributed by atoms with van der Waals surface area (Å²) in [6, 6.07) is 16.7. The lowest BCUT2D eigenvalue weighted by Crippen LogP contribution is -2.38. The average molecular weight is 343 g/mol. The molecule has 5 rings (SSSR count). The molecule has 0 aliphatic carbocycles. The molecule has 0 bridgehead atoms. The SMILES string of the molecule is CCN1c2cccnc2N(c2c(C)ccc3c2oc2ccccc23)[C@@H]1C. The molecule has 0 spiro atoms. The van der Waals surface area contributed by atoms with E-state index in [1.165, 1.54) is 11.3 Å². The number of nitrogens with zero attached hydrogens (tertiary/aromatic N) is 3. The first kappa shape index (κ1) is 15.3. The largest absolute Gasteiger partial charge is 0.454 e. The summed E-state index contributed by atoms with van der Waals surface area (Å²) in [5, 5.41) is 2.31. The van der Waals surface area contributed by atoms with E-state index in [4.69, 9.17) is 9.40 Å². The number of anilines is 3. The fraction of sp³-hybridized carbons (Fsp3) is 0.227. The Morgan fingerprint density at radius 3 is 2.73 bits per heavy atom. The van der Waals surface area contributed by atoms with Crippen LogP contribution < -0.4 is 9.80 Å². The van der Waals surface area contributed by atoms with Crippen LogP contribution in [0.3, 0.4) is 0 Å². The lowest BCUT2D eigenvalue weighted by Gasteiger charge is -2.29. The predicted octanol–water partition coefficient (Wildman–Crippen LogP) is 5.61. The zero-order valence-corrected chi connectivity index (χ0v) is 15.2. The minimum absolute atomic E-state index is 0.183. The number of furan rings is 1. The molecule has 0 saturated heterocycles. The first-order chi connectivity index (χ1) is 12.7. The normalized spacial score (nSPS) is 16.7. The van der Waals surface area contributed by atoms with Gasteiger partial charge in [0.15, 0.2) is 11.4 Å². The average Bonchev–Trinajstić information content (AvgIpc) is 3.16. The summed E-state index contributed by atoms with van der Waals surface area (Å²) >= 11 is 0. The van der Waals surface area contributed by atoms with E-state index < -0.39 is 0 Å². The monoisotopic (exact) mass is 343 g/mol. The molecule has 0 unspecified atom stereocenters. The molecule has 4 nitrogen and oxygen atoms in total. The highest BCUT2D eigenvalue weighted by Gasteiger charge is 2.36. The van der Waals surface area contributed by atoms with E-state index in [0.29, 0.717) is 0 Å². The Morgan fingerprint density at radius 1 is 1.04 bits per heavy atom. The first-order valence-corrected chi connectivity index (χ1v) is 9.12. The lowest BCUT2D eigenvalue weighted by molar-refractivity contribution is 0.655. The maximum atomic E-state index is 6.32. The fourth-order valence-electron chi connectivity index (χ4n) is 4.22. The van der Waals surface area contributed by atoms with E-state index in [0.717, 1.165) is 40.0 Å². The topological polar surface area (TPSA) is 32.5 Å². The Hall–Kier alpha value is -3.01. The fourth-order valence-corrected chi connectivity index (χ4v) is 4.22. The molecule has 4 aromatic rings. The molecule has 2 aromatic heterocycles. The van der Waals surface area contributed by atoms with Crippen LogP contribution in [-0.2, 0) is 0 Å². The van der Waals surface area contributed by atoms with E-state index in [2.05, 4.69) is 60.9 Å². The van der Waals surface area contributed by atoms with Crippen LogP contribution in [0.25, 0.3) is 21.9 Å². The highest BCUT2D eigenvalue weighted by Crippen LogP contribution is 2.47. The molecule has 0 radical (unpaired) electrons. The summed E-state index contributed by atoms with van der Waals surface area (Å²) in [4.78, 5) is 9.41. The van der Waals surface area contributed by atoms with Crippen LogP contribution in [0.4, 0.5) is 17.2 Å². The molecule has 26 heavy (non-hydrogen) atoms. The molecule has 3 heterocycles. The quantitative estimate of drug-likeness (QED) is 0.473. The number of hydrogen-bond acceptors (Lipinski definition) is 4. The van der Waals surface area contributed by atoms with Gasteiger partial charge in [-0.2, -0.15) is 0 Å². The molecule has 0 fully saturated rings. The Kier molecular flexibility index (Phi) is 3.23. The number of aryl methyl sites for hydroxylation is 1. The smallest absolute Gasteiger partial charge is 0.159 e. The van der Waals surface area contributed by atoms with Gasteiger partial charge in [-0.3, -0.25) is 0 Å². The van der Waals surface area contributed by atoms with Crippen LogP contribution in [0.5, 0.6) is 0 Å². The Balaban J connectivity index is 1.83. The van der Waals surface area contributed by atoms with E-state index in [-0.39, 0.29) is 6.17 Å². The number of pyridine rings is 1. The minimum atomic E-state index is 0.183. The van der Waals surface area contributed by atoms with Crippen LogP contribution in [-0.4, -0.2) is 17.7 Å². The van der Waals surface area contributed by atoms with Crippen molar-refractivity contribution in [3.05, 3.63) is 60.3 Å². The zero-order chi connectivity index (χ0) is 17.8. The van der Waals surface area contributed by atoms with Crippen molar-refractivity contribution in [3.8, 4) is 0 Å². The standard InChI is InChI=1S/C22H21N3O/c1-4-24-15(3)25(22-18(24)9-7-13-23-22)20-14(2)11-12-17-16-8-5-6-10-19(16)26-21(17)20/h5-13,15H,4H2,1-3H3/t15-/m1/s1. The molecular formula is C22H21N3O. The minimum Gasteiger partial charge on any atom is -0.454 e. The van der Waals surface area contributed by atoms with Gasteiger partial charge >= 0.3 is 0 Å². The maximum Gasteiger partial charge on any atom is 0.159 e. The van der Waals surface area contributed by atoms with Gasteiger partial charge in [0, 0.05) is 23.5 Å². The van der Waals surface area contributed by atoms with Crippen LogP contribution in [0.15, 0.2) is 59.1 Å². The summed E-state index contributed by atoms with van der Waals surface area (Å²) in [6.07, 6.45) is 2.05. The number of rotatable bonds is 2. The van der Waals surface area contributed by atoms with Crippen molar-refractivity contribution < 1.29 is 4.42 Å². The summed E-state index contributed by atoms with van der Waals surface area (Å²) in [5.41, 5.74) is 5.34. The highest BCUT2D eigenvalue weighted by molar-refractivity contribution is 6.10. The molecule has 1 aliphatic heterocycles. The van der Waals surface area contributed by atoms with Crippen molar-refractivity contribution in [2.24, 2.45) is 0 Å². The van der Waals surface area contributed by atoms with Crippen molar-refractivity contribution in [2.45, 2.75) is 26.9 Å². The summed E-state index contributed by atoms with van der Waals surface area (Å²) in [7, 11) is 0. The van der Waals surface area contributed by atoms with Crippen molar-refractivity contribution >= 4 is 39.1 Å². The highest BCUT2D eigenvalue weighted by atomic mass is 16.3. The van der Waals surface area contributed by atoms with Crippen LogP contribution in [0, 0.1) is 6.92 Å². The summed E-state index contributed by atoms with van der Waals surface area (Å²) in [5.74, 6) is 0.998. The van der Waals surface area contributed by atoms with Gasteiger partial charge < -0.3 is 14.2 Å². The second kappa shape index (κ2) is 5.49. The predicted molar refractivity (Wildman–Crippen MR) is 107 cm³/mol.